The third-order valence-electron chi connectivity index (χ3n) is 6.32. The molecule has 0 bridgehead atoms. The van der Waals surface area contributed by atoms with Gasteiger partial charge in [0.15, 0.2) is 0 Å². The summed E-state index contributed by atoms with van der Waals surface area (Å²) in [4.78, 5) is 44.9. The number of carbonyl (C=O) groups excluding carboxylic acids is 2. The number of anilines is 1. The Morgan fingerprint density at radius 1 is 1.15 bits per heavy atom. The Balaban J connectivity index is 0.00000259. The van der Waals surface area contributed by atoms with Gasteiger partial charge in [-0.3, -0.25) is 14.7 Å². The first kappa shape index (κ1) is 23.6. The van der Waals surface area contributed by atoms with Gasteiger partial charge in [-0.1, -0.05) is 0 Å². The van der Waals surface area contributed by atoms with Gasteiger partial charge in [0.2, 0.25) is 0 Å². The van der Waals surface area contributed by atoms with E-state index in [1.165, 1.54) is 21.9 Å². The first-order chi connectivity index (χ1) is 15.4. The summed E-state index contributed by atoms with van der Waals surface area (Å²) in [5.74, 6) is -1.58. The van der Waals surface area contributed by atoms with Gasteiger partial charge in [0.1, 0.15) is 17.5 Å². The summed E-state index contributed by atoms with van der Waals surface area (Å²) >= 11 is 4.67. The number of carbonyl (C=O) groups is 3. The number of amides is 3. The zero-order valence-electron chi connectivity index (χ0n) is 16.8. The number of phenolic OH excluding ortho intramolecular Hbond substituents is 1. The normalized spacial score (nSPS) is 23.9. The second-order valence-corrected chi connectivity index (χ2v) is 8.62. The predicted octanol–water partition coefficient (Wildman–Crippen LogP) is 1.60. The number of nitrogens with one attached hydrogen (secondary N) is 1. The van der Waals surface area contributed by atoms with Crippen LogP contribution in [0.3, 0.4) is 0 Å². The molecule has 3 amide bonds. The van der Waals surface area contributed by atoms with Crippen LogP contribution in [-0.4, -0.2) is 91.1 Å². The van der Waals surface area contributed by atoms with Gasteiger partial charge in [-0.2, -0.15) is 12.6 Å². The van der Waals surface area contributed by atoms with Gasteiger partial charge in [-0.15, -0.1) is 0 Å². The van der Waals surface area contributed by atoms with Gasteiger partial charge < -0.3 is 20.4 Å². The van der Waals surface area contributed by atoms with Crippen LogP contribution in [0, 0.1) is 5.92 Å². The van der Waals surface area contributed by atoms with Crippen LogP contribution < -0.4 is 5.32 Å². The molecule has 3 aliphatic heterocycles. The zero-order chi connectivity index (χ0) is 22.6. The van der Waals surface area contributed by atoms with Crippen molar-refractivity contribution in [3.8, 4) is 5.75 Å². The van der Waals surface area contributed by atoms with Gasteiger partial charge in [-0.05, 0) is 54.0 Å². The van der Waals surface area contributed by atoms with Crippen molar-refractivity contribution in [2.24, 2.45) is 5.92 Å². The second kappa shape index (κ2) is 9.02. The molecule has 4 atom stereocenters. The molecule has 2 fully saturated rings. The van der Waals surface area contributed by atoms with Crippen molar-refractivity contribution in [2.45, 2.75) is 23.8 Å². The Labute approximate surface area is 217 Å². The van der Waals surface area contributed by atoms with E-state index in [1.54, 1.807) is 36.7 Å². The van der Waals surface area contributed by atoms with E-state index in [2.05, 4.69) is 22.9 Å². The molecule has 2 aromatic rings. The average molecular weight is 476 g/mol. The minimum absolute atomic E-state index is 0. The van der Waals surface area contributed by atoms with Crippen molar-refractivity contribution in [2.75, 3.05) is 11.9 Å². The Morgan fingerprint density at radius 2 is 1.82 bits per heavy atom. The monoisotopic (exact) mass is 476 g/mol. The maximum absolute atomic E-state index is 13.0. The van der Waals surface area contributed by atoms with Crippen LogP contribution in [-0.2, 0) is 9.59 Å². The summed E-state index contributed by atoms with van der Waals surface area (Å²) in [5, 5.41) is 21.6. The number of nitrogens with zero attached hydrogens (tertiary/aromatic N) is 3. The minimum atomic E-state index is -1.18. The van der Waals surface area contributed by atoms with Crippen molar-refractivity contribution in [3.05, 3.63) is 65.6 Å². The molecular formula is C22H21N4NaO5S. The fourth-order valence-electron chi connectivity index (χ4n) is 4.91. The zero-order valence-corrected chi connectivity index (χ0v) is 17.6. The number of benzene rings is 1. The summed E-state index contributed by atoms with van der Waals surface area (Å²) in [6.45, 7) is 0.328. The number of aliphatic carboxylic acids is 1. The average Bonchev–Trinajstić information content (AvgIpc) is 3.16. The van der Waals surface area contributed by atoms with E-state index in [0.717, 1.165) is 5.56 Å². The fraction of sp³-hybridized carbons (Fsp3) is 0.273. The molecule has 1 unspecified atom stereocenters. The topological polar surface area (TPSA) is 123 Å². The third-order valence-corrected chi connectivity index (χ3v) is 6.93. The van der Waals surface area contributed by atoms with E-state index in [4.69, 9.17) is 0 Å². The molecule has 9 nitrogen and oxygen atoms in total. The molecule has 1 aromatic carbocycles. The van der Waals surface area contributed by atoms with Crippen molar-refractivity contribution in [1.82, 2.24) is 14.8 Å². The number of hydrogen-bond acceptors (Lipinski definition) is 6. The van der Waals surface area contributed by atoms with Gasteiger partial charge >= 0.3 is 41.6 Å². The molecule has 4 heterocycles. The van der Waals surface area contributed by atoms with Gasteiger partial charge in [0.05, 0.1) is 11.3 Å². The van der Waals surface area contributed by atoms with E-state index in [-0.39, 0.29) is 53.0 Å². The number of phenols is 1. The van der Waals surface area contributed by atoms with Crippen LogP contribution in [0.1, 0.15) is 17.2 Å². The summed E-state index contributed by atoms with van der Waals surface area (Å²) < 4.78 is 0. The van der Waals surface area contributed by atoms with Crippen LogP contribution in [0.4, 0.5) is 10.5 Å². The van der Waals surface area contributed by atoms with E-state index < -0.39 is 29.2 Å². The molecule has 3 N–H and O–H groups in total. The summed E-state index contributed by atoms with van der Waals surface area (Å²) in [5.41, 5.74) is 1.80. The molecule has 0 aliphatic carbocycles. The number of carboxylic acids is 1. The van der Waals surface area contributed by atoms with Crippen molar-refractivity contribution < 1.29 is 24.6 Å². The van der Waals surface area contributed by atoms with E-state index in [0.29, 0.717) is 24.2 Å². The molecule has 166 valence electrons. The van der Waals surface area contributed by atoms with Crippen LogP contribution in [0.2, 0.25) is 0 Å². The Bertz CT molecular complexity index is 1140. The summed E-state index contributed by atoms with van der Waals surface area (Å²) in [6.07, 6.45) is 3.65. The first-order valence-corrected chi connectivity index (χ1v) is 10.6. The predicted molar refractivity (Wildman–Crippen MR) is 124 cm³/mol. The van der Waals surface area contributed by atoms with Crippen molar-refractivity contribution in [1.29, 1.82) is 0 Å². The van der Waals surface area contributed by atoms with Gasteiger partial charge in [-0.25, -0.2) is 9.59 Å². The number of aromatic hydroxyl groups is 1. The SMILES string of the molecule is O=C(O)C1=C(C(S)c2ccncc2)C[C@@H]2CN(C(=O)Nc3ccc(O)cc3)[C@@H]3C(=O)N1[C@H]23.[NaH]. The number of likely N-dealkylation sites (tertiary alicyclic amines) is 1. The third kappa shape index (κ3) is 3.90. The van der Waals surface area contributed by atoms with E-state index in [1.807, 2.05) is 0 Å². The van der Waals surface area contributed by atoms with Gasteiger partial charge in [0, 0.05) is 30.5 Å². The standard InChI is InChI=1S/C22H20N4O5S.Na.H/c27-14-3-1-13(2-4-14)24-22(31)25-10-12-9-15(19(32)11-5-7-23-8-6-11)17(21(29)30)26-16(12)18(25)20(26)28;;/h1-8,12,16,18-19,27,32H,9-10H2,(H,24,31)(H,29,30);;/t12-,16-,18+,19?;;/m1../s1. The quantitative estimate of drug-likeness (QED) is 0.230. The molecule has 0 radical (unpaired) electrons. The van der Waals surface area contributed by atoms with Crippen molar-refractivity contribution in [3.63, 3.8) is 0 Å². The van der Waals surface area contributed by atoms with Gasteiger partial charge in [0.25, 0.3) is 5.91 Å². The summed E-state index contributed by atoms with van der Waals surface area (Å²) in [7, 11) is 0. The number of aromatic nitrogens is 1. The Kier molecular flexibility index (Phi) is 6.45. The molecule has 0 saturated carbocycles. The molecule has 2 saturated heterocycles. The summed E-state index contributed by atoms with van der Waals surface area (Å²) in [6, 6.07) is 8.09. The van der Waals surface area contributed by atoms with Crippen LogP contribution >= 0.6 is 12.6 Å². The van der Waals surface area contributed by atoms with E-state index >= 15 is 0 Å². The number of thiol groups is 1. The molecule has 11 heteroatoms. The fourth-order valence-corrected chi connectivity index (χ4v) is 5.31. The molecule has 5 rings (SSSR count). The Hall–Kier alpha value is -2.53. The molecule has 0 spiro atoms. The van der Waals surface area contributed by atoms with Crippen molar-refractivity contribution >= 4 is 65.8 Å². The van der Waals surface area contributed by atoms with Crippen LogP contribution in [0.5, 0.6) is 5.75 Å². The number of hydrogen-bond donors (Lipinski definition) is 4. The molecular weight excluding hydrogens is 455 g/mol. The maximum atomic E-state index is 13.0. The Morgan fingerprint density at radius 3 is 2.45 bits per heavy atom. The second-order valence-electron chi connectivity index (χ2n) is 8.10. The number of rotatable bonds is 4. The first-order valence-electron chi connectivity index (χ1n) is 10.1. The number of carboxylic acid groups (broad SMARTS) is 1. The van der Waals surface area contributed by atoms with Crippen LogP contribution in [0.25, 0.3) is 0 Å². The molecule has 33 heavy (non-hydrogen) atoms. The number of urea groups is 1. The molecule has 3 aliphatic rings. The molecule has 1 aromatic heterocycles. The van der Waals surface area contributed by atoms with E-state index in [9.17, 15) is 24.6 Å². The number of β-lactam (4-membered cyclic amide) rings is 1. The van der Waals surface area contributed by atoms with Crippen LogP contribution in [0.15, 0.2) is 60.1 Å². The number of pyridine rings is 1.